The molecule has 0 radical (unpaired) electrons. The van der Waals surface area contributed by atoms with Crippen LogP contribution in [0.3, 0.4) is 0 Å². The molecule has 0 aliphatic carbocycles. The minimum absolute atomic E-state index is 0.234. The van der Waals surface area contributed by atoms with Gasteiger partial charge in [-0.15, -0.1) is 5.10 Å². The second kappa shape index (κ2) is 4.60. The zero-order valence-electron chi connectivity index (χ0n) is 8.71. The van der Waals surface area contributed by atoms with Gasteiger partial charge in [0.2, 0.25) is 5.95 Å². The smallest absolute Gasteiger partial charge is 0.250 e. The number of aromatic nitrogens is 3. The van der Waals surface area contributed by atoms with Crippen LogP contribution in [0.5, 0.6) is 0 Å². The fraction of sp³-hybridized carbons (Fsp3) is 0.111. The van der Waals surface area contributed by atoms with Gasteiger partial charge in [-0.1, -0.05) is 34.8 Å². The zero-order valence-corrected chi connectivity index (χ0v) is 11.0. The Balaban J connectivity index is 2.41. The lowest BCUT2D eigenvalue weighted by Crippen LogP contribution is -2.11. The normalized spacial score (nSPS) is 10.6. The first-order valence-electron chi connectivity index (χ1n) is 4.55. The number of nitrogens with zero attached hydrogens (tertiary/aromatic N) is 3. The molecule has 1 aromatic carbocycles. The zero-order chi connectivity index (χ0) is 12.6. The number of H-pyrrole nitrogens is 1. The Morgan fingerprint density at radius 1 is 1.24 bits per heavy atom. The maximum absolute atomic E-state index is 5.94. The van der Waals surface area contributed by atoms with E-state index in [1.807, 2.05) is 0 Å². The molecule has 17 heavy (non-hydrogen) atoms. The van der Waals surface area contributed by atoms with Gasteiger partial charge in [-0.2, -0.15) is 4.98 Å². The predicted octanol–water partition coefficient (Wildman–Crippen LogP) is 3.11. The quantitative estimate of drug-likeness (QED) is 0.834. The molecule has 0 amide bonds. The van der Waals surface area contributed by atoms with Crippen LogP contribution in [0.4, 0.5) is 17.6 Å². The molecule has 2 rings (SSSR count). The molecule has 3 N–H and O–H groups in total. The van der Waals surface area contributed by atoms with Gasteiger partial charge in [0.05, 0.1) is 15.1 Å². The molecule has 5 nitrogen and oxygen atoms in total. The van der Waals surface area contributed by atoms with Crippen molar-refractivity contribution in [3.05, 3.63) is 27.2 Å². The number of benzene rings is 1. The van der Waals surface area contributed by atoms with Gasteiger partial charge in [0.15, 0.2) is 0 Å². The number of anilines is 3. The van der Waals surface area contributed by atoms with Crippen molar-refractivity contribution in [3.8, 4) is 0 Å². The highest BCUT2D eigenvalue weighted by Crippen LogP contribution is 2.35. The third-order valence-corrected chi connectivity index (χ3v) is 3.34. The molecule has 0 unspecified atom stereocenters. The molecule has 0 aliphatic rings. The Morgan fingerprint density at radius 2 is 1.82 bits per heavy atom. The van der Waals surface area contributed by atoms with Crippen molar-refractivity contribution < 1.29 is 0 Å². The standard InChI is InChI=1S/C9H8Cl3N5/c1-17(9-14-8(13)15-16-9)4-2-5(10)7(12)6(11)3-4/h2-3H,1H3,(H3,13,14,15,16). The Hall–Kier alpha value is -1.17. The number of aromatic amines is 1. The molecule has 2 aromatic rings. The summed E-state index contributed by atoms with van der Waals surface area (Å²) in [6, 6.07) is 3.34. The summed E-state index contributed by atoms with van der Waals surface area (Å²) in [6.07, 6.45) is 0. The van der Waals surface area contributed by atoms with Crippen molar-refractivity contribution in [1.82, 2.24) is 15.2 Å². The Morgan fingerprint density at radius 3 is 2.29 bits per heavy atom. The van der Waals surface area contributed by atoms with E-state index in [0.717, 1.165) is 0 Å². The first kappa shape index (κ1) is 12.3. The largest absolute Gasteiger partial charge is 0.368 e. The minimum Gasteiger partial charge on any atom is -0.368 e. The maximum atomic E-state index is 5.94. The van der Waals surface area contributed by atoms with E-state index in [1.165, 1.54) is 0 Å². The van der Waals surface area contributed by atoms with Crippen LogP contribution in [-0.4, -0.2) is 22.2 Å². The van der Waals surface area contributed by atoms with Crippen molar-refractivity contribution in [2.45, 2.75) is 0 Å². The van der Waals surface area contributed by atoms with E-state index in [1.54, 1.807) is 24.1 Å². The average Bonchev–Trinajstić information content (AvgIpc) is 2.71. The Labute approximate surface area is 112 Å². The molecule has 0 saturated heterocycles. The van der Waals surface area contributed by atoms with Crippen LogP contribution in [-0.2, 0) is 0 Å². The molecule has 0 spiro atoms. The van der Waals surface area contributed by atoms with Crippen LogP contribution in [0.15, 0.2) is 12.1 Å². The molecule has 8 heteroatoms. The van der Waals surface area contributed by atoms with Crippen LogP contribution in [0, 0.1) is 0 Å². The van der Waals surface area contributed by atoms with Crippen LogP contribution >= 0.6 is 34.8 Å². The molecule has 0 bridgehead atoms. The minimum atomic E-state index is 0.234. The molecule has 90 valence electrons. The number of hydrogen-bond donors (Lipinski definition) is 2. The van der Waals surface area contributed by atoms with Gasteiger partial charge in [-0.05, 0) is 12.1 Å². The first-order valence-corrected chi connectivity index (χ1v) is 5.68. The van der Waals surface area contributed by atoms with Gasteiger partial charge < -0.3 is 10.6 Å². The number of hydrogen-bond acceptors (Lipinski definition) is 4. The van der Waals surface area contributed by atoms with E-state index in [4.69, 9.17) is 40.5 Å². The summed E-state index contributed by atoms with van der Waals surface area (Å²) in [5, 5.41) is 7.51. The molecule has 1 aromatic heterocycles. The summed E-state index contributed by atoms with van der Waals surface area (Å²) < 4.78 is 0. The van der Waals surface area contributed by atoms with E-state index >= 15 is 0 Å². The highest BCUT2D eigenvalue weighted by Gasteiger charge is 2.13. The van der Waals surface area contributed by atoms with E-state index in [2.05, 4.69) is 15.2 Å². The molecular formula is C9H8Cl3N5. The maximum Gasteiger partial charge on any atom is 0.250 e. The van der Waals surface area contributed by atoms with Gasteiger partial charge in [0.1, 0.15) is 0 Å². The predicted molar refractivity (Wildman–Crippen MR) is 70.3 cm³/mol. The van der Waals surface area contributed by atoms with Gasteiger partial charge in [0, 0.05) is 12.7 Å². The second-order valence-corrected chi connectivity index (χ2v) is 4.50. The lowest BCUT2D eigenvalue weighted by Gasteiger charge is -2.16. The fourth-order valence-electron chi connectivity index (χ4n) is 1.27. The molecule has 1 heterocycles. The van der Waals surface area contributed by atoms with Gasteiger partial charge in [0.25, 0.3) is 5.95 Å². The Bertz CT molecular complexity index is 530. The van der Waals surface area contributed by atoms with Gasteiger partial charge in [-0.25, -0.2) is 5.10 Å². The average molecular weight is 293 g/mol. The third kappa shape index (κ3) is 2.41. The summed E-state index contributed by atoms with van der Waals surface area (Å²) in [5.74, 6) is 0.648. The molecular weight excluding hydrogens is 284 g/mol. The summed E-state index contributed by atoms with van der Waals surface area (Å²) in [4.78, 5) is 5.67. The summed E-state index contributed by atoms with van der Waals surface area (Å²) in [5.41, 5.74) is 6.16. The number of nitrogens with two attached hydrogens (primary N) is 1. The first-order chi connectivity index (χ1) is 7.99. The van der Waals surface area contributed by atoms with Crippen LogP contribution < -0.4 is 10.6 Å². The van der Waals surface area contributed by atoms with Gasteiger partial charge in [-0.3, -0.25) is 0 Å². The number of nitrogen functional groups attached to an aromatic ring is 1. The number of halogens is 3. The van der Waals surface area contributed by atoms with Crippen LogP contribution in [0.2, 0.25) is 15.1 Å². The summed E-state index contributed by atoms with van der Waals surface area (Å²) in [6.45, 7) is 0. The number of rotatable bonds is 2. The van der Waals surface area contributed by atoms with E-state index in [-0.39, 0.29) is 5.95 Å². The fourth-order valence-corrected chi connectivity index (χ4v) is 1.85. The van der Waals surface area contributed by atoms with Crippen molar-refractivity contribution in [3.63, 3.8) is 0 Å². The molecule has 0 fully saturated rings. The monoisotopic (exact) mass is 291 g/mol. The highest BCUT2D eigenvalue weighted by molar-refractivity contribution is 6.48. The van der Waals surface area contributed by atoms with E-state index < -0.39 is 0 Å². The van der Waals surface area contributed by atoms with E-state index in [0.29, 0.717) is 26.7 Å². The third-order valence-electron chi connectivity index (χ3n) is 2.15. The van der Waals surface area contributed by atoms with Gasteiger partial charge >= 0.3 is 0 Å². The van der Waals surface area contributed by atoms with Crippen molar-refractivity contribution in [2.24, 2.45) is 0 Å². The second-order valence-electron chi connectivity index (χ2n) is 3.30. The van der Waals surface area contributed by atoms with Crippen molar-refractivity contribution in [1.29, 1.82) is 0 Å². The highest BCUT2D eigenvalue weighted by atomic mass is 35.5. The van der Waals surface area contributed by atoms with E-state index in [9.17, 15) is 0 Å². The molecule has 0 atom stereocenters. The number of nitrogens with one attached hydrogen (secondary N) is 1. The topological polar surface area (TPSA) is 70.8 Å². The van der Waals surface area contributed by atoms with Crippen LogP contribution in [0.25, 0.3) is 0 Å². The Kier molecular flexibility index (Phi) is 3.33. The van der Waals surface area contributed by atoms with Crippen molar-refractivity contribution >= 4 is 52.4 Å². The molecule has 0 aliphatic heterocycles. The summed E-state index contributed by atoms with van der Waals surface area (Å²) in [7, 11) is 1.76. The summed E-state index contributed by atoms with van der Waals surface area (Å²) >= 11 is 17.7. The van der Waals surface area contributed by atoms with Crippen LogP contribution in [0.1, 0.15) is 0 Å². The lowest BCUT2D eigenvalue weighted by atomic mass is 10.3. The molecule has 0 saturated carbocycles. The lowest BCUT2D eigenvalue weighted by molar-refractivity contribution is 1.04. The van der Waals surface area contributed by atoms with Crippen molar-refractivity contribution in [2.75, 3.05) is 17.7 Å². The SMILES string of the molecule is CN(c1cc(Cl)c(Cl)c(Cl)c1)c1n[nH]c(N)n1.